The van der Waals surface area contributed by atoms with Crippen LogP contribution in [0, 0.1) is 0 Å². The fraction of sp³-hybridized carbons (Fsp3) is 0.467. The third-order valence-corrected chi connectivity index (χ3v) is 3.03. The van der Waals surface area contributed by atoms with Crippen LogP contribution in [0.5, 0.6) is 0 Å². The van der Waals surface area contributed by atoms with Gasteiger partial charge in [-0.15, -0.1) is 0 Å². The largest absolute Gasteiger partial charge is 0.481 e. The van der Waals surface area contributed by atoms with E-state index in [2.05, 4.69) is 5.32 Å². The minimum absolute atomic E-state index is 0.0328. The van der Waals surface area contributed by atoms with Crippen LogP contribution in [0.25, 0.3) is 0 Å². The Kier molecular flexibility index (Phi) is 7.25. The molecule has 6 heteroatoms. The minimum atomic E-state index is -0.864. The molecule has 0 spiro atoms. The number of hydrogen-bond donors (Lipinski definition) is 2. The van der Waals surface area contributed by atoms with E-state index >= 15 is 0 Å². The average Bonchev–Trinajstić information content (AvgIpc) is 2.49. The Labute approximate surface area is 124 Å². The molecule has 0 saturated heterocycles. The molecular weight excluding hydrogens is 272 g/mol. The molecule has 0 aliphatic rings. The molecule has 1 aromatic rings. The van der Waals surface area contributed by atoms with Crippen molar-refractivity contribution in [1.29, 1.82) is 0 Å². The van der Waals surface area contributed by atoms with Crippen LogP contribution in [0.4, 0.5) is 10.5 Å². The van der Waals surface area contributed by atoms with Crippen molar-refractivity contribution in [3.8, 4) is 0 Å². The lowest BCUT2D eigenvalue weighted by Crippen LogP contribution is -2.43. The number of methoxy groups -OCH3 is 1. The zero-order valence-electron chi connectivity index (χ0n) is 12.4. The average molecular weight is 294 g/mol. The molecule has 0 aliphatic heterocycles. The molecule has 2 N–H and O–H groups in total. The van der Waals surface area contributed by atoms with E-state index in [1.807, 2.05) is 37.3 Å². The van der Waals surface area contributed by atoms with Crippen LogP contribution in [0.15, 0.2) is 30.3 Å². The van der Waals surface area contributed by atoms with Crippen molar-refractivity contribution in [2.24, 2.45) is 0 Å². The van der Waals surface area contributed by atoms with Gasteiger partial charge in [-0.3, -0.25) is 9.69 Å². The predicted molar refractivity (Wildman–Crippen MR) is 80.5 cm³/mol. The molecule has 116 valence electrons. The van der Waals surface area contributed by atoms with Crippen LogP contribution >= 0.6 is 0 Å². The van der Waals surface area contributed by atoms with Gasteiger partial charge in [0.1, 0.15) is 0 Å². The summed E-state index contributed by atoms with van der Waals surface area (Å²) in [5, 5.41) is 11.5. The lowest BCUT2D eigenvalue weighted by atomic mass is 10.2. The van der Waals surface area contributed by atoms with Gasteiger partial charge in [0.05, 0.1) is 6.10 Å². The van der Waals surface area contributed by atoms with Crippen LogP contribution in [0.1, 0.15) is 19.8 Å². The fourth-order valence-corrected chi connectivity index (χ4v) is 1.75. The predicted octanol–water partition coefficient (Wildman–Crippen LogP) is 2.10. The topological polar surface area (TPSA) is 78.9 Å². The molecule has 0 bridgehead atoms. The van der Waals surface area contributed by atoms with Crippen molar-refractivity contribution in [1.82, 2.24) is 5.32 Å². The zero-order chi connectivity index (χ0) is 15.7. The Hall–Kier alpha value is -2.08. The number of para-hydroxylation sites is 1. The lowest BCUT2D eigenvalue weighted by molar-refractivity contribution is -0.137. The third-order valence-electron chi connectivity index (χ3n) is 3.03. The van der Waals surface area contributed by atoms with Crippen molar-refractivity contribution in [3.63, 3.8) is 0 Å². The maximum absolute atomic E-state index is 12.3. The molecule has 0 fully saturated rings. The number of amides is 2. The highest BCUT2D eigenvalue weighted by Crippen LogP contribution is 2.14. The lowest BCUT2D eigenvalue weighted by Gasteiger charge is -2.24. The summed E-state index contributed by atoms with van der Waals surface area (Å²) in [7, 11) is 1.58. The summed E-state index contributed by atoms with van der Waals surface area (Å²) in [5.74, 6) is -0.864. The number of anilines is 1. The van der Waals surface area contributed by atoms with E-state index in [9.17, 15) is 9.59 Å². The van der Waals surface area contributed by atoms with E-state index in [0.29, 0.717) is 19.5 Å². The molecular formula is C15H22N2O4. The van der Waals surface area contributed by atoms with Gasteiger partial charge in [0.2, 0.25) is 0 Å². The van der Waals surface area contributed by atoms with Gasteiger partial charge in [0, 0.05) is 32.3 Å². The summed E-state index contributed by atoms with van der Waals surface area (Å²) < 4.78 is 5.09. The second-order valence-electron chi connectivity index (χ2n) is 4.72. The van der Waals surface area contributed by atoms with Gasteiger partial charge < -0.3 is 15.2 Å². The molecule has 6 nitrogen and oxygen atoms in total. The SMILES string of the molecule is COC(C)CNC(=O)N(CCCC(=O)O)c1ccccc1. The summed E-state index contributed by atoms with van der Waals surface area (Å²) >= 11 is 0. The van der Waals surface area contributed by atoms with Gasteiger partial charge in [0.15, 0.2) is 0 Å². The van der Waals surface area contributed by atoms with E-state index in [0.717, 1.165) is 5.69 Å². The number of carboxylic acid groups (broad SMARTS) is 1. The number of hydrogen-bond acceptors (Lipinski definition) is 3. The van der Waals surface area contributed by atoms with Gasteiger partial charge in [-0.25, -0.2) is 4.79 Å². The number of nitrogens with one attached hydrogen (secondary N) is 1. The maximum atomic E-state index is 12.3. The molecule has 1 aromatic carbocycles. The number of rotatable bonds is 8. The van der Waals surface area contributed by atoms with Crippen molar-refractivity contribution < 1.29 is 19.4 Å². The highest BCUT2D eigenvalue weighted by atomic mass is 16.5. The monoisotopic (exact) mass is 294 g/mol. The highest BCUT2D eigenvalue weighted by Gasteiger charge is 2.16. The molecule has 0 heterocycles. The third kappa shape index (κ3) is 6.27. The van der Waals surface area contributed by atoms with E-state index in [4.69, 9.17) is 9.84 Å². The first-order valence-corrected chi connectivity index (χ1v) is 6.89. The number of benzene rings is 1. The van der Waals surface area contributed by atoms with E-state index in [-0.39, 0.29) is 18.6 Å². The Bertz CT molecular complexity index is 450. The Morgan fingerprint density at radius 2 is 2.00 bits per heavy atom. The summed E-state index contributed by atoms with van der Waals surface area (Å²) in [4.78, 5) is 24.4. The maximum Gasteiger partial charge on any atom is 0.321 e. The van der Waals surface area contributed by atoms with Crippen molar-refractivity contribution in [2.45, 2.75) is 25.9 Å². The molecule has 0 aliphatic carbocycles. The molecule has 1 rings (SSSR count). The Balaban J connectivity index is 2.67. The molecule has 0 radical (unpaired) electrons. The number of carbonyl (C=O) groups is 2. The number of ether oxygens (including phenoxy) is 1. The first-order valence-electron chi connectivity index (χ1n) is 6.89. The van der Waals surface area contributed by atoms with Crippen LogP contribution < -0.4 is 10.2 Å². The molecule has 1 atom stereocenters. The smallest absolute Gasteiger partial charge is 0.321 e. The summed E-state index contributed by atoms with van der Waals surface area (Å²) in [5.41, 5.74) is 0.741. The van der Waals surface area contributed by atoms with Crippen molar-refractivity contribution >= 4 is 17.7 Å². The van der Waals surface area contributed by atoms with Crippen molar-refractivity contribution in [3.05, 3.63) is 30.3 Å². The second kappa shape index (κ2) is 8.97. The van der Waals surface area contributed by atoms with Gasteiger partial charge in [-0.05, 0) is 25.5 Å². The van der Waals surface area contributed by atoms with Crippen LogP contribution in [0.3, 0.4) is 0 Å². The second-order valence-corrected chi connectivity index (χ2v) is 4.72. The van der Waals surface area contributed by atoms with Crippen molar-refractivity contribution in [2.75, 3.05) is 25.1 Å². The first-order chi connectivity index (χ1) is 10.0. The van der Waals surface area contributed by atoms with Crippen LogP contribution in [0.2, 0.25) is 0 Å². The number of carbonyl (C=O) groups excluding carboxylic acids is 1. The van der Waals surface area contributed by atoms with Gasteiger partial charge in [-0.2, -0.15) is 0 Å². The molecule has 1 unspecified atom stereocenters. The van der Waals surface area contributed by atoms with Crippen LogP contribution in [-0.4, -0.2) is 43.4 Å². The standard InChI is InChI=1S/C15H22N2O4/c1-12(21-2)11-16-15(20)17(10-6-9-14(18)19)13-7-4-3-5-8-13/h3-5,7-8,12H,6,9-11H2,1-2H3,(H,16,20)(H,18,19). The first kappa shape index (κ1) is 17.0. The Morgan fingerprint density at radius 1 is 1.33 bits per heavy atom. The summed E-state index contributed by atoms with van der Waals surface area (Å²) in [6.45, 7) is 2.61. The van der Waals surface area contributed by atoms with E-state index < -0.39 is 5.97 Å². The number of urea groups is 1. The normalized spacial score (nSPS) is 11.7. The quantitative estimate of drug-likeness (QED) is 0.769. The van der Waals surface area contributed by atoms with Gasteiger partial charge >= 0.3 is 12.0 Å². The van der Waals surface area contributed by atoms with Gasteiger partial charge in [0.25, 0.3) is 0 Å². The fourth-order valence-electron chi connectivity index (χ4n) is 1.75. The molecule has 21 heavy (non-hydrogen) atoms. The number of carboxylic acids is 1. The minimum Gasteiger partial charge on any atom is -0.481 e. The van der Waals surface area contributed by atoms with E-state index in [1.54, 1.807) is 12.0 Å². The van der Waals surface area contributed by atoms with Crippen LogP contribution in [-0.2, 0) is 9.53 Å². The number of aliphatic carboxylic acids is 1. The van der Waals surface area contributed by atoms with E-state index in [1.165, 1.54) is 0 Å². The highest BCUT2D eigenvalue weighted by molar-refractivity contribution is 5.91. The zero-order valence-corrected chi connectivity index (χ0v) is 12.4. The number of nitrogens with zero attached hydrogens (tertiary/aromatic N) is 1. The Morgan fingerprint density at radius 3 is 2.57 bits per heavy atom. The molecule has 0 saturated carbocycles. The summed E-state index contributed by atoms with van der Waals surface area (Å²) in [6.07, 6.45) is 0.355. The summed E-state index contributed by atoms with van der Waals surface area (Å²) in [6, 6.07) is 8.93. The van der Waals surface area contributed by atoms with Gasteiger partial charge in [-0.1, -0.05) is 18.2 Å². The molecule has 0 aromatic heterocycles. The molecule has 2 amide bonds.